The average molecular weight is 370 g/mol. The normalized spacial score (nSPS) is 11.5. The molecule has 0 unspecified atom stereocenters. The van der Waals surface area contributed by atoms with E-state index in [9.17, 15) is 0 Å². The van der Waals surface area contributed by atoms with Gasteiger partial charge in [-0.1, -0.05) is 51.0 Å². The summed E-state index contributed by atoms with van der Waals surface area (Å²) >= 11 is 1.74. The molecule has 140 valence electrons. The number of methoxy groups -OCH3 is 1. The summed E-state index contributed by atoms with van der Waals surface area (Å²) in [6, 6.07) is 10.7. The topological polar surface area (TPSA) is 12.5 Å². The zero-order valence-corrected chi connectivity index (χ0v) is 17.1. The van der Waals surface area contributed by atoms with Crippen LogP contribution in [0.5, 0.6) is 5.75 Å². The van der Waals surface area contributed by atoms with Crippen LogP contribution in [0.25, 0.3) is 12.2 Å². The lowest BCUT2D eigenvalue weighted by atomic mass is 10.1. The van der Waals surface area contributed by atoms with Gasteiger partial charge in [0.1, 0.15) is 5.75 Å². The smallest absolute Gasteiger partial charge is 0.128 e. The Bertz CT molecular complexity index is 680. The third-order valence-electron chi connectivity index (χ3n) is 4.34. The number of hydrogen-bond acceptors (Lipinski definition) is 3. The van der Waals surface area contributed by atoms with Crippen molar-refractivity contribution in [3.8, 4) is 5.75 Å². The summed E-state index contributed by atoms with van der Waals surface area (Å²) in [7, 11) is 1.75. The van der Waals surface area contributed by atoms with E-state index in [1.54, 1.807) is 18.4 Å². The largest absolute Gasteiger partial charge is 0.496 e. The van der Waals surface area contributed by atoms with E-state index in [1.165, 1.54) is 36.2 Å². The lowest BCUT2D eigenvalue weighted by molar-refractivity contribution is 0.414. The Kier molecular flexibility index (Phi) is 9.05. The standard InChI is InChI=1S/C23H31NOS/c1-4-6-16-24(17-7-5-2)21-15-14-20(23(19-21)25-3)11-8-9-12-22-13-10-18-26-22/h8-15,18-19H,4-7,16-17H2,1-3H3. The molecule has 0 fully saturated rings. The van der Waals surface area contributed by atoms with Crippen LogP contribution in [-0.2, 0) is 0 Å². The Labute approximate surface area is 162 Å². The van der Waals surface area contributed by atoms with Crippen LogP contribution in [0.15, 0.2) is 47.9 Å². The van der Waals surface area contributed by atoms with Gasteiger partial charge in [-0.05, 0) is 42.5 Å². The van der Waals surface area contributed by atoms with Crippen LogP contribution in [0.1, 0.15) is 50.0 Å². The third kappa shape index (κ3) is 6.38. The second-order valence-electron chi connectivity index (χ2n) is 6.35. The number of rotatable bonds is 11. The number of unbranched alkanes of at least 4 members (excludes halogenated alkanes) is 2. The van der Waals surface area contributed by atoms with Crippen molar-refractivity contribution in [1.82, 2.24) is 0 Å². The number of benzene rings is 1. The minimum Gasteiger partial charge on any atom is -0.496 e. The van der Waals surface area contributed by atoms with Crippen molar-refractivity contribution in [2.45, 2.75) is 39.5 Å². The van der Waals surface area contributed by atoms with Crippen LogP contribution in [0.3, 0.4) is 0 Å². The van der Waals surface area contributed by atoms with Gasteiger partial charge in [-0.3, -0.25) is 0 Å². The van der Waals surface area contributed by atoms with Crippen LogP contribution in [0.4, 0.5) is 5.69 Å². The van der Waals surface area contributed by atoms with Gasteiger partial charge >= 0.3 is 0 Å². The van der Waals surface area contributed by atoms with Crippen LogP contribution < -0.4 is 9.64 Å². The molecule has 2 aromatic rings. The highest BCUT2D eigenvalue weighted by Gasteiger charge is 2.09. The minimum atomic E-state index is 0.932. The first-order valence-electron chi connectivity index (χ1n) is 9.59. The molecule has 1 heterocycles. The van der Waals surface area contributed by atoms with Gasteiger partial charge in [0.05, 0.1) is 7.11 Å². The molecule has 1 aromatic carbocycles. The Balaban J connectivity index is 2.11. The maximum atomic E-state index is 5.65. The van der Waals surface area contributed by atoms with E-state index >= 15 is 0 Å². The molecule has 0 saturated carbocycles. The molecule has 3 heteroatoms. The number of thiophene rings is 1. The van der Waals surface area contributed by atoms with Crippen molar-refractivity contribution in [3.05, 3.63) is 58.3 Å². The molecule has 0 saturated heterocycles. The highest BCUT2D eigenvalue weighted by Crippen LogP contribution is 2.27. The molecule has 2 rings (SSSR count). The molecule has 0 aliphatic heterocycles. The summed E-state index contributed by atoms with van der Waals surface area (Å²) in [4.78, 5) is 3.75. The summed E-state index contributed by atoms with van der Waals surface area (Å²) in [6.07, 6.45) is 13.3. The van der Waals surface area contributed by atoms with Crippen molar-refractivity contribution < 1.29 is 4.74 Å². The van der Waals surface area contributed by atoms with Crippen LogP contribution >= 0.6 is 11.3 Å². The molecule has 0 spiro atoms. The van der Waals surface area contributed by atoms with Crippen LogP contribution in [0.2, 0.25) is 0 Å². The van der Waals surface area contributed by atoms with E-state index in [2.05, 4.69) is 78.8 Å². The fourth-order valence-corrected chi connectivity index (χ4v) is 3.43. The van der Waals surface area contributed by atoms with E-state index in [1.807, 2.05) is 0 Å². The fourth-order valence-electron chi connectivity index (χ4n) is 2.80. The first kappa shape index (κ1) is 20.3. The number of nitrogens with zero attached hydrogens (tertiary/aromatic N) is 1. The molecule has 1 aromatic heterocycles. The SMILES string of the molecule is CCCCN(CCCC)c1ccc(C=CC=Cc2cccs2)c(OC)c1. The summed E-state index contributed by atoms with van der Waals surface area (Å²) in [5.74, 6) is 0.932. The van der Waals surface area contributed by atoms with Gasteiger partial charge in [0.25, 0.3) is 0 Å². The number of anilines is 1. The van der Waals surface area contributed by atoms with Gasteiger partial charge in [0, 0.05) is 35.3 Å². The summed E-state index contributed by atoms with van der Waals surface area (Å²) < 4.78 is 5.65. The fraction of sp³-hybridized carbons (Fsp3) is 0.391. The van der Waals surface area contributed by atoms with E-state index < -0.39 is 0 Å². The summed E-state index contributed by atoms with van der Waals surface area (Å²) in [6.45, 7) is 6.71. The quantitative estimate of drug-likeness (QED) is 0.400. The van der Waals surface area contributed by atoms with Crippen molar-refractivity contribution >= 4 is 29.2 Å². The molecular formula is C23H31NOS. The van der Waals surface area contributed by atoms with Gasteiger partial charge in [-0.2, -0.15) is 0 Å². The van der Waals surface area contributed by atoms with Gasteiger partial charge < -0.3 is 9.64 Å². The highest BCUT2D eigenvalue weighted by atomic mass is 32.1. The first-order valence-corrected chi connectivity index (χ1v) is 10.5. The van der Waals surface area contributed by atoms with Gasteiger partial charge in [-0.25, -0.2) is 0 Å². The van der Waals surface area contributed by atoms with Gasteiger partial charge in [-0.15, -0.1) is 11.3 Å². The average Bonchev–Trinajstić information content (AvgIpc) is 3.19. The van der Waals surface area contributed by atoms with E-state index in [4.69, 9.17) is 4.74 Å². The Morgan fingerprint density at radius 1 is 1.00 bits per heavy atom. The van der Waals surface area contributed by atoms with Crippen molar-refractivity contribution in [1.29, 1.82) is 0 Å². The maximum absolute atomic E-state index is 5.65. The Hall–Kier alpha value is -2.00. The molecule has 0 radical (unpaired) electrons. The predicted molar refractivity (Wildman–Crippen MR) is 117 cm³/mol. The zero-order chi connectivity index (χ0) is 18.6. The first-order chi connectivity index (χ1) is 12.8. The number of allylic oxidation sites excluding steroid dienone is 2. The second kappa shape index (κ2) is 11.6. The van der Waals surface area contributed by atoms with Crippen molar-refractivity contribution in [2.24, 2.45) is 0 Å². The molecule has 26 heavy (non-hydrogen) atoms. The monoisotopic (exact) mass is 369 g/mol. The molecule has 0 bridgehead atoms. The molecule has 2 nitrogen and oxygen atoms in total. The lowest BCUT2D eigenvalue weighted by Crippen LogP contribution is -2.25. The Morgan fingerprint density at radius 2 is 1.73 bits per heavy atom. The van der Waals surface area contributed by atoms with Crippen LogP contribution in [0, 0.1) is 0 Å². The highest BCUT2D eigenvalue weighted by molar-refractivity contribution is 7.10. The molecular weight excluding hydrogens is 338 g/mol. The van der Waals surface area contributed by atoms with E-state index in [0.717, 1.165) is 24.4 Å². The lowest BCUT2D eigenvalue weighted by Gasteiger charge is -2.25. The van der Waals surface area contributed by atoms with Gasteiger partial charge in [0.2, 0.25) is 0 Å². The number of hydrogen-bond donors (Lipinski definition) is 0. The molecule has 0 aliphatic carbocycles. The van der Waals surface area contributed by atoms with Crippen molar-refractivity contribution in [3.63, 3.8) is 0 Å². The van der Waals surface area contributed by atoms with Crippen LogP contribution in [-0.4, -0.2) is 20.2 Å². The van der Waals surface area contributed by atoms with E-state index in [0.29, 0.717) is 0 Å². The molecule has 0 atom stereocenters. The summed E-state index contributed by atoms with van der Waals surface area (Å²) in [5, 5.41) is 2.09. The summed E-state index contributed by atoms with van der Waals surface area (Å²) in [5.41, 5.74) is 2.37. The molecule has 0 amide bonds. The third-order valence-corrected chi connectivity index (χ3v) is 5.17. The Morgan fingerprint density at radius 3 is 2.35 bits per heavy atom. The predicted octanol–water partition coefficient (Wildman–Crippen LogP) is 6.89. The maximum Gasteiger partial charge on any atom is 0.128 e. The van der Waals surface area contributed by atoms with Gasteiger partial charge in [0.15, 0.2) is 0 Å². The van der Waals surface area contributed by atoms with Crippen molar-refractivity contribution in [2.75, 3.05) is 25.1 Å². The second-order valence-corrected chi connectivity index (χ2v) is 7.33. The molecule has 0 N–H and O–H groups in total. The minimum absolute atomic E-state index is 0.932. The number of ether oxygens (including phenoxy) is 1. The zero-order valence-electron chi connectivity index (χ0n) is 16.3. The van der Waals surface area contributed by atoms with E-state index in [-0.39, 0.29) is 0 Å². The molecule has 0 aliphatic rings.